The van der Waals surface area contributed by atoms with Gasteiger partial charge in [-0.05, 0) is 12.1 Å². The lowest BCUT2D eigenvalue weighted by molar-refractivity contribution is 0.607. The second kappa shape index (κ2) is 6.08. The summed E-state index contributed by atoms with van der Waals surface area (Å²) in [4.78, 5) is 13.9. The zero-order valence-electron chi connectivity index (χ0n) is 11.0. The number of hydrogen-bond acceptors (Lipinski definition) is 5. The highest BCUT2D eigenvalue weighted by atomic mass is 19.1. The second-order valence-electron chi connectivity index (χ2n) is 4.11. The fourth-order valence-corrected chi connectivity index (χ4v) is 1.68. The number of halogens is 1. The van der Waals surface area contributed by atoms with Crippen LogP contribution in [0.3, 0.4) is 0 Å². The van der Waals surface area contributed by atoms with E-state index >= 15 is 0 Å². The van der Waals surface area contributed by atoms with Crippen LogP contribution in [-0.2, 0) is 6.42 Å². The van der Waals surface area contributed by atoms with Crippen LogP contribution >= 0.6 is 0 Å². The van der Waals surface area contributed by atoms with Crippen molar-refractivity contribution in [1.29, 1.82) is 0 Å². The highest BCUT2D eigenvalue weighted by Gasteiger charge is 2.11. The fraction of sp³-hybridized carbons (Fsp3) is 0.308. The standard InChI is InChI=1S/C13H16FN5/c1-15-13-17-9-11(14)12(18-13)19(2)8-6-10-5-3-4-7-16-10/h3-5,7,9H,6,8H2,1-2H3,(H,15,17,18). The first-order valence-corrected chi connectivity index (χ1v) is 6.02. The summed E-state index contributed by atoms with van der Waals surface area (Å²) in [7, 11) is 3.50. The molecule has 0 radical (unpaired) electrons. The van der Waals surface area contributed by atoms with E-state index in [1.807, 2.05) is 18.2 Å². The Morgan fingerprint density at radius 1 is 1.32 bits per heavy atom. The lowest BCUT2D eigenvalue weighted by atomic mass is 10.2. The summed E-state index contributed by atoms with van der Waals surface area (Å²) in [6.07, 6.45) is 3.65. The van der Waals surface area contributed by atoms with Crippen molar-refractivity contribution in [2.75, 3.05) is 30.9 Å². The maximum atomic E-state index is 13.7. The van der Waals surface area contributed by atoms with Crippen molar-refractivity contribution in [1.82, 2.24) is 15.0 Å². The van der Waals surface area contributed by atoms with E-state index in [-0.39, 0.29) is 5.82 Å². The summed E-state index contributed by atoms with van der Waals surface area (Å²) in [5.41, 5.74) is 0.970. The molecule has 2 aromatic rings. The van der Waals surface area contributed by atoms with Crippen LogP contribution in [0.15, 0.2) is 30.6 Å². The van der Waals surface area contributed by atoms with E-state index in [4.69, 9.17) is 0 Å². The highest BCUT2D eigenvalue weighted by Crippen LogP contribution is 2.15. The molecule has 2 rings (SSSR count). The molecule has 19 heavy (non-hydrogen) atoms. The number of nitrogens with one attached hydrogen (secondary N) is 1. The molecule has 0 unspecified atom stereocenters. The Balaban J connectivity index is 2.05. The largest absolute Gasteiger partial charge is 0.357 e. The third-order valence-electron chi connectivity index (χ3n) is 2.74. The molecule has 0 amide bonds. The van der Waals surface area contributed by atoms with Gasteiger partial charge in [0.25, 0.3) is 0 Å². The van der Waals surface area contributed by atoms with E-state index in [2.05, 4.69) is 20.3 Å². The number of aromatic nitrogens is 3. The van der Waals surface area contributed by atoms with Gasteiger partial charge in [0, 0.05) is 39.0 Å². The molecule has 0 aliphatic rings. The molecule has 100 valence electrons. The summed E-state index contributed by atoms with van der Waals surface area (Å²) in [6.45, 7) is 0.633. The van der Waals surface area contributed by atoms with Crippen molar-refractivity contribution in [3.8, 4) is 0 Å². The predicted octanol–water partition coefficient (Wildman–Crippen LogP) is 1.73. The van der Waals surface area contributed by atoms with Crippen molar-refractivity contribution in [3.05, 3.63) is 42.1 Å². The van der Waals surface area contributed by atoms with Crippen LogP contribution in [0.2, 0.25) is 0 Å². The lowest BCUT2D eigenvalue weighted by Crippen LogP contribution is -2.23. The molecule has 0 spiro atoms. The van der Waals surface area contributed by atoms with E-state index in [0.29, 0.717) is 12.5 Å². The smallest absolute Gasteiger partial charge is 0.224 e. The van der Waals surface area contributed by atoms with Gasteiger partial charge in [-0.3, -0.25) is 4.98 Å². The van der Waals surface area contributed by atoms with Crippen LogP contribution in [0.1, 0.15) is 5.69 Å². The maximum Gasteiger partial charge on any atom is 0.224 e. The molecule has 5 nitrogen and oxygen atoms in total. The minimum atomic E-state index is -0.428. The molecule has 0 aromatic carbocycles. The van der Waals surface area contributed by atoms with Crippen molar-refractivity contribution in [2.24, 2.45) is 0 Å². The second-order valence-corrected chi connectivity index (χ2v) is 4.11. The minimum Gasteiger partial charge on any atom is -0.357 e. The SMILES string of the molecule is CNc1ncc(F)c(N(C)CCc2ccccn2)n1. The van der Waals surface area contributed by atoms with Gasteiger partial charge in [-0.1, -0.05) is 6.07 Å². The number of pyridine rings is 1. The summed E-state index contributed by atoms with van der Waals surface area (Å²) in [5.74, 6) is 0.263. The van der Waals surface area contributed by atoms with Crippen LogP contribution in [0.4, 0.5) is 16.2 Å². The van der Waals surface area contributed by atoms with Crippen molar-refractivity contribution < 1.29 is 4.39 Å². The van der Waals surface area contributed by atoms with Gasteiger partial charge in [0.05, 0.1) is 6.20 Å². The number of anilines is 2. The van der Waals surface area contributed by atoms with Gasteiger partial charge in [-0.25, -0.2) is 9.37 Å². The summed E-state index contributed by atoms with van der Waals surface area (Å²) in [5, 5.41) is 2.80. The van der Waals surface area contributed by atoms with Gasteiger partial charge in [0.1, 0.15) is 0 Å². The van der Waals surface area contributed by atoms with E-state index < -0.39 is 5.82 Å². The Kier molecular flexibility index (Phi) is 4.22. The number of nitrogens with zero attached hydrogens (tertiary/aromatic N) is 4. The maximum absolute atomic E-state index is 13.7. The average molecular weight is 261 g/mol. The molecule has 0 saturated carbocycles. The number of rotatable bonds is 5. The Hall–Kier alpha value is -2.24. The average Bonchev–Trinajstić information content (AvgIpc) is 2.46. The first kappa shape index (κ1) is 13.2. The zero-order valence-corrected chi connectivity index (χ0v) is 11.0. The molecule has 0 aliphatic heterocycles. The molecular formula is C13H16FN5. The van der Waals surface area contributed by atoms with Gasteiger partial charge in [-0.2, -0.15) is 4.98 Å². The molecule has 0 atom stereocenters. The monoisotopic (exact) mass is 261 g/mol. The minimum absolute atomic E-state index is 0.287. The number of hydrogen-bond donors (Lipinski definition) is 1. The quantitative estimate of drug-likeness (QED) is 0.888. The summed E-state index contributed by atoms with van der Waals surface area (Å²) in [6, 6.07) is 5.76. The topological polar surface area (TPSA) is 53.9 Å². The Morgan fingerprint density at radius 3 is 2.84 bits per heavy atom. The van der Waals surface area contributed by atoms with Crippen molar-refractivity contribution in [3.63, 3.8) is 0 Å². The van der Waals surface area contributed by atoms with Gasteiger partial charge in [0.15, 0.2) is 11.6 Å². The van der Waals surface area contributed by atoms with Crippen molar-refractivity contribution >= 4 is 11.8 Å². The molecule has 0 saturated heterocycles. The van der Waals surface area contributed by atoms with Crippen LogP contribution in [0, 0.1) is 5.82 Å². The highest BCUT2D eigenvalue weighted by molar-refractivity contribution is 5.43. The van der Waals surface area contributed by atoms with Gasteiger partial charge in [0.2, 0.25) is 5.95 Å². The molecule has 1 N–H and O–H groups in total. The van der Waals surface area contributed by atoms with E-state index in [0.717, 1.165) is 12.1 Å². The van der Waals surface area contributed by atoms with Crippen LogP contribution in [0.25, 0.3) is 0 Å². The Morgan fingerprint density at radius 2 is 2.16 bits per heavy atom. The number of likely N-dealkylation sites (N-methyl/N-ethyl adjacent to an activating group) is 1. The van der Waals surface area contributed by atoms with Gasteiger partial charge in [-0.15, -0.1) is 0 Å². The molecule has 0 fully saturated rings. The summed E-state index contributed by atoms with van der Waals surface area (Å²) < 4.78 is 13.7. The third-order valence-corrected chi connectivity index (χ3v) is 2.74. The van der Waals surface area contributed by atoms with Crippen LogP contribution < -0.4 is 10.2 Å². The Bertz CT molecular complexity index is 532. The van der Waals surface area contributed by atoms with Crippen LogP contribution in [-0.4, -0.2) is 35.6 Å². The van der Waals surface area contributed by atoms with Crippen molar-refractivity contribution in [2.45, 2.75) is 6.42 Å². The molecule has 2 aromatic heterocycles. The molecule has 0 bridgehead atoms. The van der Waals surface area contributed by atoms with Gasteiger partial charge >= 0.3 is 0 Å². The molecule has 6 heteroatoms. The molecule has 2 heterocycles. The Labute approximate surface area is 111 Å². The van der Waals surface area contributed by atoms with E-state index in [1.165, 1.54) is 6.20 Å². The summed E-state index contributed by atoms with van der Waals surface area (Å²) >= 11 is 0. The predicted molar refractivity (Wildman–Crippen MR) is 72.7 cm³/mol. The van der Waals surface area contributed by atoms with E-state index in [1.54, 1.807) is 25.2 Å². The third kappa shape index (κ3) is 3.37. The normalized spacial score (nSPS) is 10.3. The molecule has 0 aliphatic carbocycles. The first-order chi connectivity index (χ1) is 9.20. The lowest BCUT2D eigenvalue weighted by Gasteiger charge is -2.18. The van der Waals surface area contributed by atoms with E-state index in [9.17, 15) is 4.39 Å². The van der Waals surface area contributed by atoms with Gasteiger partial charge < -0.3 is 10.2 Å². The fourth-order valence-electron chi connectivity index (χ4n) is 1.68. The van der Waals surface area contributed by atoms with Crippen LogP contribution in [0.5, 0.6) is 0 Å². The molecular weight excluding hydrogens is 245 g/mol. The first-order valence-electron chi connectivity index (χ1n) is 6.02. The zero-order chi connectivity index (χ0) is 13.7.